The molecule has 0 radical (unpaired) electrons. The number of rotatable bonds is 5. The molecule has 0 N–H and O–H groups in total. The van der Waals surface area contributed by atoms with E-state index in [1.54, 1.807) is 18.2 Å². The number of alkyl halides is 5. The van der Waals surface area contributed by atoms with Crippen molar-refractivity contribution in [1.82, 2.24) is 4.90 Å². The van der Waals surface area contributed by atoms with E-state index in [9.17, 15) is 22.0 Å². The minimum atomic E-state index is -4.20. The van der Waals surface area contributed by atoms with Crippen LogP contribution in [0.3, 0.4) is 0 Å². The third-order valence-corrected chi connectivity index (χ3v) is 6.59. The molecule has 2 fully saturated rings. The molecule has 2 aliphatic rings. The van der Waals surface area contributed by atoms with Gasteiger partial charge in [-0.3, -0.25) is 4.90 Å². The van der Waals surface area contributed by atoms with Gasteiger partial charge in [-0.05, 0) is 80.1 Å². The van der Waals surface area contributed by atoms with Gasteiger partial charge in [-0.25, -0.2) is 8.78 Å². The first-order valence-corrected chi connectivity index (χ1v) is 11.1. The Bertz CT molecular complexity index is 883. The molecular weight excluding hydrogens is 413 g/mol. The van der Waals surface area contributed by atoms with E-state index < -0.39 is 24.6 Å². The number of hydrogen-bond acceptors (Lipinski definition) is 2. The molecule has 1 saturated heterocycles. The van der Waals surface area contributed by atoms with Crippen LogP contribution >= 0.6 is 0 Å². The minimum absolute atomic E-state index is 0.0222. The third kappa shape index (κ3) is 5.30. The first-order chi connectivity index (χ1) is 14.8. The van der Waals surface area contributed by atoms with E-state index in [1.165, 1.54) is 19.3 Å². The van der Waals surface area contributed by atoms with Gasteiger partial charge < -0.3 is 4.74 Å². The van der Waals surface area contributed by atoms with Gasteiger partial charge in [-0.1, -0.05) is 24.6 Å². The molecule has 1 saturated carbocycles. The van der Waals surface area contributed by atoms with Gasteiger partial charge in [0.25, 0.3) is 6.43 Å². The van der Waals surface area contributed by atoms with Gasteiger partial charge in [0.05, 0.1) is 17.6 Å². The molecule has 170 valence electrons. The van der Waals surface area contributed by atoms with E-state index >= 15 is 0 Å². The van der Waals surface area contributed by atoms with Crippen LogP contribution in [0, 0.1) is 5.92 Å². The summed E-state index contributed by atoms with van der Waals surface area (Å²) < 4.78 is 72.4. The van der Waals surface area contributed by atoms with E-state index in [-0.39, 0.29) is 37.0 Å². The largest absolute Gasteiger partial charge is 0.490 e. The zero-order valence-electron chi connectivity index (χ0n) is 17.4. The van der Waals surface area contributed by atoms with Crippen LogP contribution in [0.1, 0.15) is 62.5 Å². The van der Waals surface area contributed by atoms with Crippen molar-refractivity contribution < 1.29 is 26.7 Å². The Hall–Kier alpha value is -1.89. The lowest BCUT2D eigenvalue weighted by atomic mass is 9.87. The summed E-state index contributed by atoms with van der Waals surface area (Å²) in [6.45, 7) is 2.92. The van der Waals surface area contributed by atoms with Gasteiger partial charge >= 0.3 is 6.18 Å². The van der Waals surface area contributed by atoms with Crippen LogP contribution in [0.25, 0.3) is 10.8 Å². The van der Waals surface area contributed by atoms with Crippen molar-refractivity contribution in [3.05, 3.63) is 41.5 Å². The van der Waals surface area contributed by atoms with Crippen molar-refractivity contribution in [2.75, 3.05) is 13.1 Å². The zero-order valence-corrected chi connectivity index (χ0v) is 17.4. The average molecular weight is 441 g/mol. The SMILES string of the molecule is FC(F)c1c(OC2CCC(C(F)(F)F)CC2)ccc2cc(CN3CCCCC3)ccc12. The summed E-state index contributed by atoms with van der Waals surface area (Å²) in [4.78, 5) is 2.38. The van der Waals surface area contributed by atoms with Gasteiger partial charge in [0.2, 0.25) is 0 Å². The van der Waals surface area contributed by atoms with E-state index in [0.29, 0.717) is 5.39 Å². The molecule has 2 aromatic rings. The van der Waals surface area contributed by atoms with Crippen molar-refractivity contribution in [3.8, 4) is 5.75 Å². The second kappa shape index (κ2) is 9.31. The van der Waals surface area contributed by atoms with Crippen LogP contribution in [0.5, 0.6) is 5.75 Å². The summed E-state index contributed by atoms with van der Waals surface area (Å²) in [5, 5.41) is 1.18. The quantitative estimate of drug-likeness (QED) is 0.453. The predicted molar refractivity (Wildman–Crippen MR) is 110 cm³/mol. The van der Waals surface area contributed by atoms with E-state index in [4.69, 9.17) is 4.74 Å². The van der Waals surface area contributed by atoms with Gasteiger partial charge in [0.1, 0.15) is 5.75 Å². The van der Waals surface area contributed by atoms with E-state index in [0.717, 1.165) is 30.6 Å². The summed E-state index contributed by atoms with van der Waals surface area (Å²) in [5.41, 5.74) is 0.925. The molecule has 0 spiro atoms. The van der Waals surface area contributed by atoms with Crippen LogP contribution in [-0.4, -0.2) is 30.3 Å². The Morgan fingerprint density at radius 1 is 0.935 bits per heavy atom. The van der Waals surface area contributed by atoms with Crippen molar-refractivity contribution in [1.29, 1.82) is 0 Å². The summed E-state index contributed by atoms with van der Waals surface area (Å²) >= 11 is 0. The number of ether oxygens (including phenoxy) is 1. The normalized spacial score (nSPS) is 23.4. The van der Waals surface area contributed by atoms with Gasteiger partial charge in [-0.15, -0.1) is 0 Å². The highest BCUT2D eigenvalue weighted by Gasteiger charge is 2.42. The Morgan fingerprint density at radius 3 is 2.29 bits per heavy atom. The maximum Gasteiger partial charge on any atom is 0.391 e. The van der Waals surface area contributed by atoms with Crippen LogP contribution < -0.4 is 4.74 Å². The van der Waals surface area contributed by atoms with E-state index in [2.05, 4.69) is 4.90 Å². The molecule has 1 aliphatic heterocycles. The second-order valence-electron chi connectivity index (χ2n) is 8.80. The molecule has 4 rings (SSSR count). The molecule has 0 amide bonds. The molecule has 0 aromatic heterocycles. The molecule has 1 aliphatic carbocycles. The monoisotopic (exact) mass is 441 g/mol. The van der Waals surface area contributed by atoms with E-state index in [1.807, 2.05) is 12.1 Å². The molecule has 2 nitrogen and oxygen atoms in total. The van der Waals surface area contributed by atoms with Crippen LogP contribution in [0.15, 0.2) is 30.3 Å². The van der Waals surface area contributed by atoms with Crippen molar-refractivity contribution in [2.24, 2.45) is 5.92 Å². The number of nitrogens with zero attached hydrogens (tertiary/aromatic N) is 1. The van der Waals surface area contributed by atoms with Gasteiger partial charge in [-0.2, -0.15) is 13.2 Å². The number of fused-ring (bicyclic) bond motifs is 1. The lowest BCUT2D eigenvalue weighted by Crippen LogP contribution is -2.32. The van der Waals surface area contributed by atoms with Crippen molar-refractivity contribution in [3.63, 3.8) is 0 Å². The van der Waals surface area contributed by atoms with Crippen LogP contribution in [-0.2, 0) is 6.54 Å². The maximum absolute atomic E-state index is 14.0. The van der Waals surface area contributed by atoms with Crippen LogP contribution in [0.4, 0.5) is 22.0 Å². The first kappa shape index (κ1) is 22.3. The predicted octanol–water partition coefficient (Wildman–Crippen LogP) is 7.26. The molecule has 7 heteroatoms. The molecule has 0 bridgehead atoms. The van der Waals surface area contributed by atoms with Gasteiger partial charge in [0, 0.05) is 6.54 Å². The smallest absolute Gasteiger partial charge is 0.391 e. The fraction of sp³-hybridized carbons (Fsp3) is 0.583. The fourth-order valence-corrected chi connectivity index (χ4v) is 4.87. The van der Waals surface area contributed by atoms with Crippen molar-refractivity contribution >= 4 is 10.8 Å². The summed E-state index contributed by atoms with van der Waals surface area (Å²) in [6, 6.07) is 8.89. The molecule has 0 atom stereocenters. The number of hydrogen-bond donors (Lipinski definition) is 0. The highest BCUT2D eigenvalue weighted by Crippen LogP contribution is 2.41. The Morgan fingerprint density at radius 2 is 1.65 bits per heavy atom. The summed E-state index contributed by atoms with van der Waals surface area (Å²) in [7, 11) is 0. The molecule has 31 heavy (non-hydrogen) atoms. The van der Waals surface area contributed by atoms with Crippen LogP contribution in [0.2, 0.25) is 0 Å². The topological polar surface area (TPSA) is 12.5 Å². The lowest BCUT2D eigenvalue weighted by Gasteiger charge is -2.30. The third-order valence-electron chi connectivity index (χ3n) is 6.59. The van der Waals surface area contributed by atoms with Crippen molar-refractivity contribution in [2.45, 2.75) is 70.2 Å². The molecule has 2 aromatic carbocycles. The lowest BCUT2D eigenvalue weighted by molar-refractivity contribution is -0.185. The number of halogens is 5. The fourth-order valence-electron chi connectivity index (χ4n) is 4.87. The molecule has 0 unspecified atom stereocenters. The highest BCUT2D eigenvalue weighted by molar-refractivity contribution is 5.88. The Balaban J connectivity index is 1.51. The molecule has 1 heterocycles. The first-order valence-electron chi connectivity index (χ1n) is 11.1. The standard InChI is InChI=1S/C24H28F5NO/c25-23(26)22-20-10-4-16(15-30-12-2-1-3-13-30)14-17(20)5-11-21(22)31-19-8-6-18(7-9-19)24(27,28)29/h4-5,10-11,14,18-19,23H,1-3,6-9,12-13,15H2. The second-order valence-corrected chi connectivity index (χ2v) is 8.80. The maximum atomic E-state index is 14.0. The number of benzene rings is 2. The van der Waals surface area contributed by atoms with Gasteiger partial charge in [0.15, 0.2) is 0 Å². The average Bonchev–Trinajstić information content (AvgIpc) is 2.74. The Kier molecular flexibility index (Phi) is 6.70. The summed E-state index contributed by atoms with van der Waals surface area (Å²) in [6.07, 6.45) is -3.36. The zero-order chi connectivity index (χ0) is 22.0. The number of likely N-dealkylation sites (tertiary alicyclic amines) is 1. The highest BCUT2D eigenvalue weighted by atomic mass is 19.4. The Labute approximate surface area is 179 Å². The minimum Gasteiger partial charge on any atom is -0.490 e. The molecular formula is C24H28F5NO. The summed E-state index contributed by atoms with van der Waals surface area (Å²) in [5.74, 6) is -1.24. The number of piperidine rings is 1.